The second kappa shape index (κ2) is 8.15. The summed E-state index contributed by atoms with van der Waals surface area (Å²) in [7, 11) is 0. The second-order valence-electron chi connectivity index (χ2n) is 8.41. The molecule has 2 aliphatic heterocycles. The number of Topliss-reactive ketones (excluding diaryl/α,β-unsaturated/α-hetero) is 1. The molecule has 1 amide bonds. The minimum Gasteiger partial charge on any atom is -0.310 e. The normalized spacial score (nSPS) is 15.9. The van der Waals surface area contributed by atoms with Crippen molar-refractivity contribution in [1.29, 1.82) is 0 Å². The molecule has 0 fully saturated rings. The summed E-state index contributed by atoms with van der Waals surface area (Å²) in [5.41, 5.74) is 3.03. The summed E-state index contributed by atoms with van der Waals surface area (Å²) in [6, 6.07) is 5.27. The van der Waals surface area contributed by atoms with E-state index in [0.29, 0.717) is 51.8 Å². The Balaban J connectivity index is 1.30. The van der Waals surface area contributed by atoms with E-state index in [-0.39, 0.29) is 36.9 Å². The number of amides is 1. The van der Waals surface area contributed by atoms with Crippen LogP contribution in [0.15, 0.2) is 35.6 Å². The third-order valence-electron chi connectivity index (χ3n) is 6.01. The van der Waals surface area contributed by atoms with E-state index in [1.807, 2.05) is 6.92 Å². The zero-order valence-electron chi connectivity index (χ0n) is 18.0. The Bertz CT molecular complexity index is 1340. The van der Waals surface area contributed by atoms with Crippen molar-refractivity contribution in [2.75, 3.05) is 5.32 Å². The number of alkyl halides is 3. The lowest BCUT2D eigenvalue weighted by molar-refractivity contribution is -0.137. The van der Waals surface area contributed by atoms with Gasteiger partial charge in [-0.1, -0.05) is 6.92 Å². The van der Waals surface area contributed by atoms with Crippen LogP contribution in [0.25, 0.3) is 0 Å². The Morgan fingerprint density at radius 1 is 1.18 bits per heavy atom. The number of fused-ring (bicyclic) bond motifs is 2. The number of nitrogens with zero attached hydrogens (tertiary/aromatic N) is 4. The van der Waals surface area contributed by atoms with Crippen LogP contribution in [0.5, 0.6) is 0 Å². The van der Waals surface area contributed by atoms with Gasteiger partial charge in [-0.05, 0) is 36.2 Å². The molecule has 0 unspecified atom stereocenters. The van der Waals surface area contributed by atoms with Crippen LogP contribution in [0.3, 0.4) is 0 Å². The summed E-state index contributed by atoms with van der Waals surface area (Å²) in [5, 5.41) is 9.85. The molecule has 0 saturated heterocycles. The zero-order chi connectivity index (χ0) is 24.0. The van der Waals surface area contributed by atoms with Crippen LogP contribution in [-0.2, 0) is 23.8 Å². The third-order valence-corrected chi connectivity index (χ3v) is 6.01. The Morgan fingerprint density at radius 3 is 2.79 bits per heavy atom. The summed E-state index contributed by atoms with van der Waals surface area (Å²) in [6.07, 6.45) is -2.07. The van der Waals surface area contributed by atoms with E-state index in [1.165, 1.54) is 12.4 Å². The number of benzene rings is 1. The average Bonchev–Trinajstić information content (AvgIpc) is 3.44. The molecule has 4 heterocycles. The molecule has 1 atom stereocenters. The number of hydrogen-bond donors (Lipinski definition) is 2. The van der Waals surface area contributed by atoms with Crippen LogP contribution in [0.4, 0.5) is 24.7 Å². The first kappa shape index (κ1) is 21.9. The fourth-order valence-electron chi connectivity index (χ4n) is 4.18. The topological polar surface area (TPSA) is 113 Å². The minimum atomic E-state index is -4.41. The maximum atomic E-state index is 13.0. The van der Waals surface area contributed by atoms with Gasteiger partial charge < -0.3 is 5.32 Å². The fourth-order valence-corrected chi connectivity index (χ4v) is 4.18. The van der Waals surface area contributed by atoms with Crippen LogP contribution in [0.1, 0.15) is 64.2 Å². The lowest BCUT2D eigenvalue weighted by atomic mass is 9.95. The van der Waals surface area contributed by atoms with Gasteiger partial charge in [0.1, 0.15) is 23.5 Å². The number of aromatic amines is 1. The highest BCUT2D eigenvalue weighted by Crippen LogP contribution is 2.36. The Hall–Kier alpha value is -3.89. The van der Waals surface area contributed by atoms with Gasteiger partial charge in [-0.3, -0.25) is 19.7 Å². The van der Waals surface area contributed by atoms with E-state index < -0.39 is 11.7 Å². The van der Waals surface area contributed by atoms with Crippen molar-refractivity contribution in [2.24, 2.45) is 4.99 Å². The van der Waals surface area contributed by atoms with E-state index in [4.69, 9.17) is 0 Å². The third kappa shape index (κ3) is 4.09. The van der Waals surface area contributed by atoms with Gasteiger partial charge in [0.15, 0.2) is 5.78 Å². The summed E-state index contributed by atoms with van der Waals surface area (Å²) in [6.45, 7) is 1.87. The van der Waals surface area contributed by atoms with Crippen LogP contribution < -0.4 is 5.32 Å². The van der Waals surface area contributed by atoms with Crippen molar-refractivity contribution >= 4 is 28.9 Å². The van der Waals surface area contributed by atoms with Gasteiger partial charge in [-0.15, -0.1) is 0 Å². The zero-order valence-corrected chi connectivity index (χ0v) is 18.0. The minimum absolute atomic E-state index is 0.144. The first-order chi connectivity index (χ1) is 16.2. The second-order valence-corrected chi connectivity index (χ2v) is 8.41. The lowest BCUT2D eigenvalue weighted by Crippen LogP contribution is -2.23. The van der Waals surface area contributed by atoms with E-state index in [0.717, 1.165) is 12.1 Å². The number of H-pyrrole nitrogens is 1. The maximum Gasteiger partial charge on any atom is 0.416 e. The smallest absolute Gasteiger partial charge is 0.310 e. The van der Waals surface area contributed by atoms with Gasteiger partial charge >= 0.3 is 6.18 Å². The van der Waals surface area contributed by atoms with Crippen molar-refractivity contribution in [3.63, 3.8) is 0 Å². The molecule has 8 nitrogen and oxygen atoms in total. The van der Waals surface area contributed by atoms with Gasteiger partial charge in [0.25, 0.3) is 0 Å². The number of rotatable bonds is 5. The monoisotopic (exact) mass is 468 g/mol. The van der Waals surface area contributed by atoms with Gasteiger partial charge in [0, 0.05) is 36.4 Å². The molecule has 2 aromatic heterocycles. The Morgan fingerprint density at radius 2 is 2.00 bits per heavy atom. The Kier molecular flexibility index (Phi) is 5.26. The molecule has 0 spiro atoms. The first-order valence-electron chi connectivity index (χ1n) is 10.7. The number of carbonyl (C=O) groups excluding carboxylic acids is 2. The average molecular weight is 468 g/mol. The van der Waals surface area contributed by atoms with Crippen LogP contribution in [0, 0.1) is 0 Å². The van der Waals surface area contributed by atoms with Gasteiger partial charge in [-0.25, -0.2) is 9.97 Å². The van der Waals surface area contributed by atoms with Crippen molar-refractivity contribution in [2.45, 2.75) is 44.7 Å². The van der Waals surface area contributed by atoms with E-state index in [2.05, 4.69) is 30.5 Å². The van der Waals surface area contributed by atoms with Crippen molar-refractivity contribution in [3.05, 3.63) is 64.4 Å². The number of aliphatic imine (C=N–C) groups is 1. The number of hydrogen-bond acceptors (Lipinski definition) is 6. The summed E-state index contributed by atoms with van der Waals surface area (Å²) >= 11 is 0. The van der Waals surface area contributed by atoms with Crippen molar-refractivity contribution in [3.8, 4) is 0 Å². The van der Waals surface area contributed by atoms with E-state index >= 15 is 0 Å². The summed E-state index contributed by atoms with van der Waals surface area (Å²) < 4.78 is 39.0. The van der Waals surface area contributed by atoms with Crippen molar-refractivity contribution in [1.82, 2.24) is 20.2 Å². The van der Waals surface area contributed by atoms with Crippen LogP contribution >= 0.6 is 0 Å². The predicted molar refractivity (Wildman–Crippen MR) is 116 cm³/mol. The van der Waals surface area contributed by atoms with Gasteiger partial charge in [0.05, 0.1) is 17.0 Å². The Labute approximate surface area is 191 Å². The summed E-state index contributed by atoms with van der Waals surface area (Å²) in [4.78, 5) is 37.2. The van der Waals surface area contributed by atoms with Gasteiger partial charge in [-0.2, -0.15) is 18.3 Å². The molecule has 3 aromatic rings. The molecule has 0 aliphatic carbocycles. The van der Waals surface area contributed by atoms with E-state index in [9.17, 15) is 22.8 Å². The number of carbonyl (C=O) groups is 2. The van der Waals surface area contributed by atoms with Crippen molar-refractivity contribution < 1.29 is 22.8 Å². The largest absolute Gasteiger partial charge is 0.416 e. The number of nitrogens with one attached hydrogen (secondary N) is 2. The molecular weight excluding hydrogens is 449 g/mol. The molecule has 0 bridgehead atoms. The highest BCUT2D eigenvalue weighted by molar-refractivity contribution is 6.05. The number of aromatic nitrogens is 4. The number of halogens is 3. The molecule has 2 N–H and O–H groups in total. The summed E-state index contributed by atoms with van der Waals surface area (Å²) in [5.74, 6) is -0.171. The lowest BCUT2D eigenvalue weighted by Gasteiger charge is -2.18. The first-order valence-corrected chi connectivity index (χ1v) is 10.7. The van der Waals surface area contributed by atoms with Crippen LogP contribution in [0.2, 0.25) is 0 Å². The number of ketones is 1. The standard InChI is InChI=1S/C23H19F3N6O2/c1-11(6-19(33)21-14-3-5-20(34)30-22(14)28-10-27-21)16-9-18(32-31-16)17-8-12-7-13(23(24,25)26)2-4-15(12)29-17/h2,4,7,9-11H,3,5-6,8H2,1H3,(H,31,32)(H,27,28,30,34)/t11-/m0/s1. The molecule has 0 radical (unpaired) electrons. The predicted octanol–water partition coefficient (Wildman–Crippen LogP) is 4.16. The quantitative estimate of drug-likeness (QED) is 0.546. The highest BCUT2D eigenvalue weighted by atomic mass is 19.4. The molecule has 0 saturated carbocycles. The SMILES string of the molecule is C[C@@H](CC(=O)c1ncnc2c1CCC(=O)N2)c1cc(C2=Nc3ccc(C(F)(F)F)cc3C2)n[nH]1. The molecule has 1 aromatic carbocycles. The highest BCUT2D eigenvalue weighted by Gasteiger charge is 2.32. The van der Waals surface area contributed by atoms with Crippen LogP contribution in [-0.4, -0.2) is 37.6 Å². The maximum absolute atomic E-state index is 13.0. The molecular formula is C23H19F3N6O2. The molecule has 34 heavy (non-hydrogen) atoms. The molecule has 2 aliphatic rings. The molecule has 174 valence electrons. The molecule has 11 heteroatoms. The fraction of sp³-hybridized carbons (Fsp3) is 0.304. The van der Waals surface area contributed by atoms with Gasteiger partial charge in [0.2, 0.25) is 5.91 Å². The number of anilines is 1. The van der Waals surface area contributed by atoms with E-state index in [1.54, 1.807) is 6.07 Å². The molecule has 5 rings (SSSR count).